The van der Waals surface area contributed by atoms with E-state index in [2.05, 4.69) is 24.5 Å². The van der Waals surface area contributed by atoms with Crippen LogP contribution in [0.5, 0.6) is 0 Å². The molecule has 2 heterocycles. The molecule has 0 amide bonds. The minimum absolute atomic E-state index is 0.371. The van der Waals surface area contributed by atoms with Gasteiger partial charge in [0.15, 0.2) is 0 Å². The average Bonchev–Trinajstić information content (AvgIpc) is 2.41. The van der Waals surface area contributed by atoms with Gasteiger partial charge in [0.25, 0.3) is 0 Å². The maximum atomic E-state index is 5.78. The van der Waals surface area contributed by atoms with E-state index in [4.69, 9.17) is 9.47 Å². The maximum absolute atomic E-state index is 5.78. The largest absolute Gasteiger partial charge is 0.381 e. The van der Waals surface area contributed by atoms with Gasteiger partial charge in [0.2, 0.25) is 0 Å². The Hall–Kier alpha value is 0.230. The van der Waals surface area contributed by atoms with Crippen molar-refractivity contribution in [2.45, 2.75) is 38.7 Å². The number of hydrogen-bond acceptors (Lipinski definition) is 4. The number of likely N-dealkylation sites (tertiary alicyclic amines) is 1. The molecule has 0 radical (unpaired) electrons. The number of hydrogen-bond donors (Lipinski definition) is 1. The van der Waals surface area contributed by atoms with E-state index in [9.17, 15) is 0 Å². The number of rotatable bonds is 5. The first-order valence-corrected chi connectivity index (χ1v) is 7.94. The quantitative estimate of drug-likeness (QED) is 0.776. The van der Waals surface area contributed by atoms with Crippen LogP contribution in [0.2, 0.25) is 0 Å². The van der Waals surface area contributed by atoms with Crippen molar-refractivity contribution in [2.24, 2.45) is 5.41 Å². The van der Waals surface area contributed by atoms with Crippen molar-refractivity contribution in [3.63, 3.8) is 0 Å². The summed E-state index contributed by atoms with van der Waals surface area (Å²) in [5, 5.41) is 0. The van der Waals surface area contributed by atoms with Crippen LogP contribution in [0.25, 0.3) is 0 Å². The first-order chi connectivity index (χ1) is 8.78. The highest BCUT2D eigenvalue weighted by Crippen LogP contribution is 2.33. The zero-order valence-electron chi connectivity index (χ0n) is 11.6. The van der Waals surface area contributed by atoms with Gasteiger partial charge in [-0.25, -0.2) is 0 Å². The molecule has 0 N–H and O–H groups in total. The summed E-state index contributed by atoms with van der Waals surface area (Å²) in [4.78, 5) is 2.59. The van der Waals surface area contributed by atoms with Gasteiger partial charge in [0.05, 0.1) is 6.10 Å². The molecule has 2 rings (SSSR count). The number of piperidine rings is 1. The lowest BCUT2D eigenvalue weighted by Gasteiger charge is -2.42. The molecule has 2 fully saturated rings. The Morgan fingerprint density at radius 1 is 1.39 bits per heavy atom. The van der Waals surface area contributed by atoms with Crippen molar-refractivity contribution in [3.05, 3.63) is 0 Å². The molecule has 18 heavy (non-hydrogen) atoms. The standard InChI is InChI=1S/C14H27NO2S/c1-2-17-13-4-3-7-15(10-13)11-14(12-18)5-8-16-9-6-14/h13,18H,2-12H2,1H3. The molecule has 1 unspecified atom stereocenters. The van der Waals surface area contributed by atoms with E-state index >= 15 is 0 Å². The van der Waals surface area contributed by atoms with E-state index in [1.165, 1.54) is 25.9 Å². The molecule has 0 aliphatic carbocycles. The lowest BCUT2D eigenvalue weighted by Crippen LogP contribution is -2.48. The SMILES string of the molecule is CCOC1CCCN(CC2(CS)CCOCC2)C1. The fourth-order valence-corrected chi connectivity index (χ4v) is 3.59. The molecule has 0 spiro atoms. The summed E-state index contributed by atoms with van der Waals surface area (Å²) in [6.45, 7) is 8.23. The molecular weight excluding hydrogens is 246 g/mol. The third-order valence-electron chi connectivity index (χ3n) is 4.31. The molecule has 0 bridgehead atoms. The van der Waals surface area contributed by atoms with Gasteiger partial charge in [-0.3, -0.25) is 0 Å². The van der Waals surface area contributed by atoms with Crippen molar-refractivity contribution in [2.75, 3.05) is 45.2 Å². The summed E-state index contributed by atoms with van der Waals surface area (Å²) >= 11 is 4.60. The summed E-state index contributed by atoms with van der Waals surface area (Å²) in [7, 11) is 0. The van der Waals surface area contributed by atoms with Crippen LogP contribution in [0, 0.1) is 5.41 Å². The summed E-state index contributed by atoms with van der Waals surface area (Å²) in [5.74, 6) is 0.978. The van der Waals surface area contributed by atoms with E-state index in [0.29, 0.717) is 11.5 Å². The molecule has 1 atom stereocenters. The van der Waals surface area contributed by atoms with Crippen LogP contribution in [0.4, 0.5) is 0 Å². The van der Waals surface area contributed by atoms with E-state index in [1.54, 1.807) is 0 Å². The van der Waals surface area contributed by atoms with Crippen molar-refractivity contribution in [1.29, 1.82) is 0 Å². The van der Waals surface area contributed by atoms with Gasteiger partial charge in [-0.1, -0.05) is 0 Å². The highest BCUT2D eigenvalue weighted by Gasteiger charge is 2.34. The Morgan fingerprint density at radius 2 is 2.17 bits per heavy atom. The highest BCUT2D eigenvalue weighted by molar-refractivity contribution is 7.80. The topological polar surface area (TPSA) is 21.7 Å². The lowest BCUT2D eigenvalue weighted by atomic mass is 9.81. The molecular formula is C14H27NO2S. The predicted molar refractivity (Wildman–Crippen MR) is 77.4 cm³/mol. The van der Waals surface area contributed by atoms with E-state index in [1.807, 2.05) is 0 Å². The molecule has 0 aromatic heterocycles. The van der Waals surface area contributed by atoms with E-state index < -0.39 is 0 Å². The van der Waals surface area contributed by atoms with Gasteiger partial charge in [-0.05, 0) is 50.3 Å². The summed E-state index contributed by atoms with van der Waals surface area (Å²) < 4.78 is 11.3. The van der Waals surface area contributed by atoms with E-state index in [0.717, 1.165) is 45.0 Å². The van der Waals surface area contributed by atoms with Crippen LogP contribution in [-0.4, -0.2) is 56.2 Å². The average molecular weight is 273 g/mol. The molecule has 0 aromatic carbocycles. The van der Waals surface area contributed by atoms with Crippen molar-refractivity contribution >= 4 is 12.6 Å². The third kappa shape index (κ3) is 3.86. The van der Waals surface area contributed by atoms with Crippen LogP contribution in [0.1, 0.15) is 32.6 Å². The third-order valence-corrected chi connectivity index (χ3v) is 4.98. The Labute approximate surface area is 117 Å². The zero-order valence-corrected chi connectivity index (χ0v) is 12.5. The molecule has 0 aromatic rings. The summed E-state index contributed by atoms with van der Waals surface area (Å²) in [6, 6.07) is 0. The van der Waals surface area contributed by atoms with Gasteiger partial charge in [-0.15, -0.1) is 0 Å². The number of ether oxygens (including phenoxy) is 2. The van der Waals surface area contributed by atoms with Gasteiger partial charge in [0, 0.05) is 32.9 Å². The minimum Gasteiger partial charge on any atom is -0.381 e. The van der Waals surface area contributed by atoms with Crippen LogP contribution in [0.3, 0.4) is 0 Å². The van der Waals surface area contributed by atoms with Crippen LogP contribution >= 0.6 is 12.6 Å². The smallest absolute Gasteiger partial charge is 0.0702 e. The molecule has 2 aliphatic heterocycles. The van der Waals surface area contributed by atoms with Crippen molar-refractivity contribution in [1.82, 2.24) is 4.90 Å². The second kappa shape index (κ2) is 7.13. The molecule has 2 aliphatic rings. The minimum atomic E-state index is 0.371. The zero-order chi connectivity index (χ0) is 12.8. The summed E-state index contributed by atoms with van der Waals surface area (Å²) in [5.41, 5.74) is 0.371. The first-order valence-electron chi connectivity index (χ1n) is 7.30. The highest BCUT2D eigenvalue weighted by atomic mass is 32.1. The van der Waals surface area contributed by atoms with Gasteiger partial charge in [-0.2, -0.15) is 12.6 Å². The predicted octanol–water partition coefficient (Wildman–Crippen LogP) is 2.21. The fraction of sp³-hybridized carbons (Fsp3) is 1.00. The maximum Gasteiger partial charge on any atom is 0.0702 e. The molecule has 3 nitrogen and oxygen atoms in total. The first kappa shape index (κ1) is 14.6. The van der Waals surface area contributed by atoms with Gasteiger partial charge in [0.1, 0.15) is 0 Å². The second-order valence-electron chi connectivity index (χ2n) is 5.73. The Balaban J connectivity index is 1.86. The lowest BCUT2D eigenvalue weighted by molar-refractivity contribution is -0.0279. The molecule has 2 saturated heterocycles. The monoisotopic (exact) mass is 273 g/mol. The van der Waals surface area contributed by atoms with Crippen LogP contribution < -0.4 is 0 Å². The Kier molecular flexibility index (Phi) is 5.80. The normalized spacial score (nSPS) is 29.3. The summed E-state index contributed by atoms with van der Waals surface area (Å²) in [6.07, 6.45) is 5.25. The van der Waals surface area contributed by atoms with Gasteiger partial charge < -0.3 is 14.4 Å². The van der Waals surface area contributed by atoms with Crippen molar-refractivity contribution < 1.29 is 9.47 Å². The van der Waals surface area contributed by atoms with E-state index in [-0.39, 0.29) is 0 Å². The molecule has 0 saturated carbocycles. The Bertz CT molecular complexity index is 242. The fourth-order valence-electron chi connectivity index (χ4n) is 3.17. The molecule has 4 heteroatoms. The van der Waals surface area contributed by atoms with Crippen LogP contribution in [-0.2, 0) is 9.47 Å². The van der Waals surface area contributed by atoms with Crippen molar-refractivity contribution in [3.8, 4) is 0 Å². The second-order valence-corrected chi connectivity index (χ2v) is 6.04. The Morgan fingerprint density at radius 3 is 2.83 bits per heavy atom. The number of nitrogens with zero attached hydrogens (tertiary/aromatic N) is 1. The number of thiol groups is 1. The van der Waals surface area contributed by atoms with Crippen LogP contribution in [0.15, 0.2) is 0 Å². The van der Waals surface area contributed by atoms with Gasteiger partial charge >= 0.3 is 0 Å². The molecule has 106 valence electrons.